The zero-order chi connectivity index (χ0) is 14.5. The lowest BCUT2D eigenvalue weighted by Gasteiger charge is -2.05. The van der Waals surface area contributed by atoms with Crippen molar-refractivity contribution in [2.24, 2.45) is 5.73 Å². The standard InChI is InChI=1S/C15H15N3O2/c1-10-5-6-12(4-3-7-16)13(8-10)15(19)17-14-9-11(2)20-18-14/h5-6,8-9H,7,16H2,1-2H3,(H,17,18,19). The van der Waals surface area contributed by atoms with E-state index < -0.39 is 0 Å². The number of rotatable bonds is 2. The van der Waals surface area contributed by atoms with E-state index in [1.54, 1.807) is 25.1 Å². The molecule has 2 rings (SSSR count). The maximum absolute atomic E-state index is 12.3. The Labute approximate surface area is 117 Å². The van der Waals surface area contributed by atoms with Gasteiger partial charge in [0.2, 0.25) is 0 Å². The quantitative estimate of drug-likeness (QED) is 0.815. The van der Waals surface area contributed by atoms with Crippen LogP contribution in [0.25, 0.3) is 0 Å². The number of nitrogens with one attached hydrogen (secondary N) is 1. The topological polar surface area (TPSA) is 81.2 Å². The van der Waals surface area contributed by atoms with E-state index in [4.69, 9.17) is 10.3 Å². The van der Waals surface area contributed by atoms with Crippen LogP contribution in [-0.2, 0) is 0 Å². The molecule has 0 bridgehead atoms. The number of aromatic nitrogens is 1. The first-order valence-corrected chi connectivity index (χ1v) is 6.14. The fourth-order valence-corrected chi connectivity index (χ4v) is 1.71. The first-order valence-electron chi connectivity index (χ1n) is 6.14. The molecule has 0 aliphatic rings. The van der Waals surface area contributed by atoms with E-state index in [-0.39, 0.29) is 12.5 Å². The highest BCUT2D eigenvalue weighted by molar-refractivity contribution is 6.05. The zero-order valence-corrected chi connectivity index (χ0v) is 11.4. The van der Waals surface area contributed by atoms with Gasteiger partial charge in [-0.05, 0) is 26.0 Å². The smallest absolute Gasteiger partial charge is 0.258 e. The lowest BCUT2D eigenvalue weighted by Crippen LogP contribution is -2.14. The molecule has 20 heavy (non-hydrogen) atoms. The number of carbonyl (C=O) groups is 1. The van der Waals surface area contributed by atoms with Crippen molar-refractivity contribution >= 4 is 11.7 Å². The van der Waals surface area contributed by atoms with Crippen LogP contribution in [-0.4, -0.2) is 17.6 Å². The molecule has 0 fully saturated rings. The minimum Gasteiger partial charge on any atom is -0.360 e. The van der Waals surface area contributed by atoms with Crippen molar-refractivity contribution in [3.63, 3.8) is 0 Å². The molecule has 0 atom stereocenters. The molecular formula is C15H15N3O2. The monoisotopic (exact) mass is 269 g/mol. The third kappa shape index (κ3) is 3.25. The van der Waals surface area contributed by atoms with Crippen LogP contribution in [0.1, 0.15) is 27.2 Å². The van der Waals surface area contributed by atoms with Crippen LogP contribution in [0.5, 0.6) is 0 Å². The van der Waals surface area contributed by atoms with Gasteiger partial charge in [0.1, 0.15) is 5.76 Å². The first-order chi connectivity index (χ1) is 9.60. The van der Waals surface area contributed by atoms with Gasteiger partial charge in [0, 0.05) is 11.6 Å². The predicted octanol–water partition coefficient (Wildman–Crippen LogP) is 1.85. The van der Waals surface area contributed by atoms with Gasteiger partial charge in [-0.25, -0.2) is 0 Å². The first kappa shape index (κ1) is 13.8. The summed E-state index contributed by atoms with van der Waals surface area (Å²) < 4.78 is 4.91. The number of aryl methyl sites for hydroxylation is 2. The van der Waals surface area contributed by atoms with Crippen molar-refractivity contribution in [3.8, 4) is 11.8 Å². The van der Waals surface area contributed by atoms with Crippen molar-refractivity contribution in [2.75, 3.05) is 11.9 Å². The van der Waals surface area contributed by atoms with Crippen molar-refractivity contribution in [2.45, 2.75) is 13.8 Å². The molecule has 0 radical (unpaired) electrons. The van der Waals surface area contributed by atoms with Gasteiger partial charge in [-0.1, -0.05) is 28.6 Å². The van der Waals surface area contributed by atoms with Gasteiger partial charge in [-0.2, -0.15) is 0 Å². The Balaban J connectivity index is 2.30. The molecule has 102 valence electrons. The van der Waals surface area contributed by atoms with E-state index in [0.29, 0.717) is 22.7 Å². The van der Waals surface area contributed by atoms with Gasteiger partial charge in [0.05, 0.1) is 12.1 Å². The Morgan fingerprint density at radius 1 is 1.40 bits per heavy atom. The van der Waals surface area contributed by atoms with Crippen LogP contribution < -0.4 is 11.1 Å². The minimum absolute atomic E-state index is 0.247. The number of hydrogen-bond acceptors (Lipinski definition) is 4. The summed E-state index contributed by atoms with van der Waals surface area (Å²) in [4.78, 5) is 12.3. The molecule has 0 unspecified atom stereocenters. The van der Waals surface area contributed by atoms with Gasteiger partial charge in [0.15, 0.2) is 5.82 Å². The number of anilines is 1. The summed E-state index contributed by atoms with van der Waals surface area (Å²) in [6, 6.07) is 7.14. The van der Waals surface area contributed by atoms with Crippen LogP contribution in [0, 0.1) is 25.7 Å². The molecule has 5 nitrogen and oxygen atoms in total. The SMILES string of the molecule is Cc1ccc(C#CCN)c(C(=O)Nc2cc(C)on2)c1. The fourth-order valence-electron chi connectivity index (χ4n) is 1.71. The van der Waals surface area contributed by atoms with Gasteiger partial charge >= 0.3 is 0 Å². The van der Waals surface area contributed by atoms with Crippen LogP contribution in [0.15, 0.2) is 28.8 Å². The van der Waals surface area contributed by atoms with Crippen molar-refractivity contribution in [1.29, 1.82) is 0 Å². The highest BCUT2D eigenvalue weighted by Gasteiger charge is 2.12. The van der Waals surface area contributed by atoms with E-state index in [2.05, 4.69) is 22.3 Å². The van der Waals surface area contributed by atoms with Gasteiger partial charge < -0.3 is 15.6 Å². The molecule has 0 aliphatic heterocycles. The predicted molar refractivity (Wildman–Crippen MR) is 76.3 cm³/mol. The highest BCUT2D eigenvalue weighted by Crippen LogP contribution is 2.14. The van der Waals surface area contributed by atoms with Gasteiger partial charge in [-0.15, -0.1) is 0 Å². The summed E-state index contributed by atoms with van der Waals surface area (Å²) in [6.45, 7) is 3.92. The Kier molecular flexibility index (Phi) is 4.18. The van der Waals surface area contributed by atoms with Crippen LogP contribution in [0.4, 0.5) is 5.82 Å². The fraction of sp³-hybridized carbons (Fsp3) is 0.200. The van der Waals surface area contributed by atoms with Gasteiger partial charge in [0.25, 0.3) is 5.91 Å². The molecule has 1 aromatic carbocycles. The second-order valence-corrected chi connectivity index (χ2v) is 4.33. The molecule has 1 heterocycles. The number of nitrogens with zero attached hydrogens (tertiary/aromatic N) is 1. The van der Waals surface area contributed by atoms with Crippen molar-refractivity contribution < 1.29 is 9.32 Å². The third-order valence-electron chi connectivity index (χ3n) is 2.61. The second kappa shape index (κ2) is 6.04. The normalized spacial score (nSPS) is 9.75. The van der Waals surface area contributed by atoms with E-state index in [1.165, 1.54) is 0 Å². The maximum Gasteiger partial charge on any atom is 0.258 e. The zero-order valence-electron chi connectivity index (χ0n) is 11.4. The lowest BCUT2D eigenvalue weighted by molar-refractivity contribution is 0.102. The highest BCUT2D eigenvalue weighted by atomic mass is 16.5. The molecule has 0 saturated heterocycles. The maximum atomic E-state index is 12.3. The molecule has 5 heteroatoms. The van der Waals surface area contributed by atoms with E-state index >= 15 is 0 Å². The van der Waals surface area contributed by atoms with Gasteiger partial charge in [-0.3, -0.25) is 4.79 Å². The summed E-state index contributed by atoms with van der Waals surface area (Å²) in [5.74, 6) is 6.38. The number of amides is 1. The average Bonchev–Trinajstić information content (AvgIpc) is 2.82. The van der Waals surface area contributed by atoms with E-state index in [1.807, 2.05) is 13.0 Å². The Morgan fingerprint density at radius 2 is 2.20 bits per heavy atom. The Morgan fingerprint density at radius 3 is 2.85 bits per heavy atom. The van der Waals surface area contributed by atoms with Crippen LogP contribution in [0.3, 0.4) is 0 Å². The molecule has 2 aromatic rings. The minimum atomic E-state index is -0.275. The summed E-state index contributed by atoms with van der Waals surface area (Å²) >= 11 is 0. The Bertz CT molecular complexity index is 693. The largest absolute Gasteiger partial charge is 0.360 e. The molecule has 0 aliphatic carbocycles. The van der Waals surface area contributed by atoms with Crippen LogP contribution in [0.2, 0.25) is 0 Å². The summed E-state index contributed by atoms with van der Waals surface area (Å²) in [5, 5.41) is 6.41. The molecule has 0 saturated carbocycles. The number of benzene rings is 1. The second-order valence-electron chi connectivity index (χ2n) is 4.33. The van der Waals surface area contributed by atoms with Crippen molar-refractivity contribution in [3.05, 3.63) is 46.7 Å². The lowest BCUT2D eigenvalue weighted by atomic mass is 10.0. The number of hydrogen-bond donors (Lipinski definition) is 2. The molecule has 3 N–H and O–H groups in total. The van der Waals surface area contributed by atoms with E-state index in [9.17, 15) is 4.79 Å². The number of carbonyl (C=O) groups excluding carboxylic acids is 1. The molecular weight excluding hydrogens is 254 g/mol. The van der Waals surface area contributed by atoms with Crippen LogP contribution >= 0.6 is 0 Å². The summed E-state index contributed by atoms with van der Waals surface area (Å²) in [6.07, 6.45) is 0. The van der Waals surface area contributed by atoms with Crippen molar-refractivity contribution in [1.82, 2.24) is 5.16 Å². The van der Waals surface area contributed by atoms with E-state index in [0.717, 1.165) is 5.56 Å². The summed E-state index contributed by atoms with van der Waals surface area (Å²) in [7, 11) is 0. The number of nitrogens with two attached hydrogens (primary N) is 1. The average molecular weight is 269 g/mol. The summed E-state index contributed by atoms with van der Waals surface area (Å²) in [5.41, 5.74) is 7.47. The third-order valence-corrected chi connectivity index (χ3v) is 2.61. The molecule has 0 spiro atoms. The molecule has 1 aromatic heterocycles. The Hall–Kier alpha value is -2.58. The molecule has 1 amide bonds.